The third kappa shape index (κ3) is 2.25. The standard InChI is InChI=1S/C12H10F3N3O2/c1-18-5-8(11(20)17-16)10(19)7-4-6(12(13,14)15)2-3-9(7)18/h2-5H,16H2,1H3,(H,17,20). The summed E-state index contributed by atoms with van der Waals surface area (Å²) in [5.74, 6) is 4.08. The fourth-order valence-corrected chi connectivity index (χ4v) is 1.91. The summed E-state index contributed by atoms with van der Waals surface area (Å²) in [6.07, 6.45) is -3.34. The van der Waals surface area contributed by atoms with Gasteiger partial charge in [-0.3, -0.25) is 15.0 Å². The first-order valence-electron chi connectivity index (χ1n) is 5.47. The number of nitrogens with zero attached hydrogens (tertiary/aromatic N) is 1. The minimum absolute atomic E-state index is 0.191. The average Bonchev–Trinajstić information content (AvgIpc) is 2.40. The van der Waals surface area contributed by atoms with Crippen LogP contribution in [0.3, 0.4) is 0 Å². The Labute approximate surface area is 110 Å². The van der Waals surface area contributed by atoms with Crippen LogP contribution in [-0.2, 0) is 13.2 Å². The van der Waals surface area contributed by atoms with Gasteiger partial charge in [-0.2, -0.15) is 13.2 Å². The van der Waals surface area contributed by atoms with Crippen LogP contribution in [0.1, 0.15) is 15.9 Å². The van der Waals surface area contributed by atoms with E-state index >= 15 is 0 Å². The number of halogens is 3. The fraction of sp³-hybridized carbons (Fsp3) is 0.167. The van der Waals surface area contributed by atoms with Crippen LogP contribution in [0.4, 0.5) is 13.2 Å². The lowest BCUT2D eigenvalue weighted by Gasteiger charge is -2.11. The Kier molecular flexibility index (Phi) is 3.26. The quantitative estimate of drug-likeness (QED) is 0.469. The molecule has 0 unspecified atom stereocenters. The van der Waals surface area contributed by atoms with Crippen LogP contribution >= 0.6 is 0 Å². The summed E-state index contributed by atoms with van der Waals surface area (Å²) in [4.78, 5) is 23.5. The number of nitrogens with one attached hydrogen (secondary N) is 1. The number of hydrazine groups is 1. The molecule has 0 radical (unpaired) electrons. The lowest BCUT2D eigenvalue weighted by molar-refractivity contribution is -0.137. The van der Waals surface area contributed by atoms with Gasteiger partial charge in [0.05, 0.1) is 11.1 Å². The van der Waals surface area contributed by atoms with E-state index in [4.69, 9.17) is 5.84 Å². The number of nitrogen functional groups attached to an aromatic ring is 1. The third-order valence-electron chi connectivity index (χ3n) is 2.89. The highest BCUT2D eigenvalue weighted by Crippen LogP contribution is 2.30. The molecular formula is C12H10F3N3O2. The summed E-state index contributed by atoms with van der Waals surface area (Å²) >= 11 is 0. The summed E-state index contributed by atoms with van der Waals surface area (Å²) in [5.41, 5.74) is 0.00470. The monoisotopic (exact) mass is 285 g/mol. The zero-order valence-corrected chi connectivity index (χ0v) is 10.3. The van der Waals surface area contributed by atoms with Crippen molar-refractivity contribution in [3.05, 3.63) is 45.7 Å². The van der Waals surface area contributed by atoms with Crippen LogP contribution in [0.15, 0.2) is 29.2 Å². The second-order valence-corrected chi connectivity index (χ2v) is 4.19. The molecule has 0 aliphatic rings. The molecule has 2 aromatic rings. The molecule has 0 saturated carbocycles. The molecule has 3 N–H and O–H groups in total. The van der Waals surface area contributed by atoms with Crippen molar-refractivity contribution in [1.29, 1.82) is 0 Å². The fourth-order valence-electron chi connectivity index (χ4n) is 1.91. The summed E-state index contributed by atoms with van der Waals surface area (Å²) in [5, 5.41) is -0.191. The zero-order chi connectivity index (χ0) is 15.1. The molecule has 0 saturated heterocycles. The molecule has 0 bridgehead atoms. The van der Waals surface area contributed by atoms with Gasteiger partial charge >= 0.3 is 6.18 Å². The van der Waals surface area contributed by atoms with Crippen LogP contribution in [0, 0.1) is 0 Å². The van der Waals surface area contributed by atoms with E-state index in [1.165, 1.54) is 23.9 Å². The van der Waals surface area contributed by atoms with Crippen LogP contribution in [0.2, 0.25) is 0 Å². The molecule has 0 spiro atoms. The predicted octanol–water partition coefficient (Wildman–Crippen LogP) is 1.16. The molecule has 1 aromatic heterocycles. The smallest absolute Gasteiger partial charge is 0.350 e. The van der Waals surface area contributed by atoms with Crippen molar-refractivity contribution < 1.29 is 18.0 Å². The van der Waals surface area contributed by atoms with Crippen molar-refractivity contribution in [2.24, 2.45) is 12.9 Å². The highest BCUT2D eigenvalue weighted by molar-refractivity contribution is 5.97. The second-order valence-electron chi connectivity index (χ2n) is 4.19. The number of alkyl halides is 3. The van der Waals surface area contributed by atoms with Crippen molar-refractivity contribution in [2.75, 3.05) is 0 Å². The molecule has 20 heavy (non-hydrogen) atoms. The van der Waals surface area contributed by atoms with E-state index in [0.717, 1.165) is 12.1 Å². The summed E-state index contributed by atoms with van der Waals surface area (Å²) in [6, 6.07) is 2.79. The minimum Gasteiger partial charge on any atom is -0.350 e. The predicted molar refractivity (Wildman–Crippen MR) is 65.8 cm³/mol. The minimum atomic E-state index is -4.56. The van der Waals surface area contributed by atoms with Crippen LogP contribution < -0.4 is 16.7 Å². The maximum absolute atomic E-state index is 12.7. The lowest BCUT2D eigenvalue weighted by atomic mass is 10.1. The number of hydrogen-bond donors (Lipinski definition) is 2. The summed E-state index contributed by atoms with van der Waals surface area (Å²) in [6.45, 7) is 0. The molecule has 0 aliphatic heterocycles. The van der Waals surface area contributed by atoms with Gasteiger partial charge in [-0.05, 0) is 18.2 Å². The number of aromatic nitrogens is 1. The molecule has 5 nitrogen and oxygen atoms in total. The Morgan fingerprint density at radius 3 is 2.55 bits per heavy atom. The highest BCUT2D eigenvalue weighted by atomic mass is 19.4. The van der Waals surface area contributed by atoms with E-state index in [0.29, 0.717) is 0 Å². The number of benzene rings is 1. The largest absolute Gasteiger partial charge is 0.416 e. The number of rotatable bonds is 1. The topological polar surface area (TPSA) is 77.1 Å². The molecule has 1 aromatic carbocycles. The number of amides is 1. The molecule has 2 rings (SSSR count). The van der Waals surface area contributed by atoms with Gasteiger partial charge in [0.15, 0.2) is 0 Å². The molecule has 1 heterocycles. The van der Waals surface area contributed by atoms with E-state index in [2.05, 4.69) is 0 Å². The maximum Gasteiger partial charge on any atom is 0.416 e. The van der Waals surface area contributed by atoms with Gasteiger partial charge in [-0.15, -0.1) is 0 Å². The van der Waals surface area contributed by atoms with Gasteiger partial charge in [-0.1, -0.05) is 0 Å². The highest BCUT2D eigenvalue weighted by Gasteiger charge is 2.31. The molecule has 106 valence electrons. The maximum atomic E-state index is 12.7. The first-order valence-corrected chi connectivity index (χ1v) is 5.47. The Bertz CT molecular complexity index is 750. The lowest BCUT2D eigenvalue weighted by Crippen LogP contribution is -2.34. The number of hydrogen-bond acceptors (Lipinski definition) is 3. The van der Waals surface area contributed by atoms with Crippen LogP contribution in [0.5, 0.6) is 0 Å². The number of aryl methyl sites for hydroxylation is 1. The van der Waals surface area contributed by atoms with E-state index in [-0.39, 0.29) is 16.5 Å². The Hall–Kier alpha value is -2.35. The third-order valence-corrected chi connectivity index (χ3v) is 2.89. The van der Waals surface area contributed by atoms with Crippen LogP contribution in [0.25, 0.3) is 10.9 Å². The van der Waals surface area contributed by atoms with Gasteiger partial charge in [0, 0.05) is 18.6 Å². The van der Waals surface area contributed by atoms with Crippen LogP contribution in [-0.4, -0.2) is 10.5 Å². The number of pyridine rings is 1. The van der Waals surface area contributed by atoms with Gasteiger partial charge < -0.3 is 4.57 Å². The molecule has 0 aliphatic carbocycles. The Morgan fingerprint density at radius 1 is 1.35 bits per heavy atom. The van der Waals surface area contributed by atoms with Crippen molar-refractivity contribution in [3.63, 3.8) is 0 Å². The van der Waals surface area contributed by atoms with E-state index in [9.17, 15) is 22.8 Å². The SMILES string of the molecule is Cn1cc(C(=O)NN)c(=O)c2cc(C(F)(F)F)ccc21. The van der Waals surface area contributed by atoms with Crippen molar-refractivity contribution in [1.82, 2.24) is 9.99 Å². The molecule has 0 atom stereocenters. The molecule has 1 amide bonds. The number of nitrogens with two attached hydrogens (primary N) is 1. The normalized spacial score (nSPS) is 11.7. The van der Waals surface area contributed by atoms with Gasteiger partial charge in [0.1, 0.15) is 5.56 Å². The molecule has 8 heteroatoms. The van der Waals surface area contributed by atoms with E-state index < -0.39 is 23.1 Å². The number of carbonyl (C=O) groups is 1. The first-order chi connectivity index (χ1) is 9.25. The van der Waals surface area contributed by atoms with Gasteiger partial charge in [-0.25, -0.2) is 5.84 Å². The van der Waals surface area contributed by atoms with Crippen molar-refractivity contribution >= 4 is 16.8 Å². The molecular weight excluding hydrogens is 275 g/mol. The van der Waals surface area contributed by atoms with Crippen molar-refractivity contribution in [3.8, 4) is 0 Å². The van der Waals surface area contributed by atoms with Crippen molar-refractivity contribution in [2.45, 2.75) is 6.18 Å². The first kappa shape index (κ1) is 14.1. The summed E-state index contributed by atoms with van der Waals surface area (Å²) in [7, 11) is 1.52. The Balaban J connectivity index is 2.83. The number of carbonyl (C=O) groups excluding carboxylic acids is 1. The average molecular weight is 285 g/mol. The summed E-state index contributed by atoms with van der Waals surface area (Å²) < 4.78 is 39.4. The number of fused-ring (bicyclic) bond motifs is 1. The van der Waals surface area contributed by atoms with Gasteiger partial charge in [0.2, 0.25) is 5.43 Å². The van der Waals surface area contributed by atoms with E-state index in [1.54, 1.807) is 5.43 Å². The molecule has 0 fully saturated rings. The van der Waals surface area contributed by atoms with Gasteiger partial charge in [0.25, 0.3) is 5.91 Å². The Morgan fingerprint density at radius 2 is 2.00 bits per heavy atom. The zero-order valence-electron chi connectivity index (χ0n) is 10.3. The second kappa shape index (κ2) is 4.64. The van der Waals surface area contributed by atoms with E-state index in [1.807, 2.05) is 0 Å².